The minimum atomic E-state index is -4.05. The molecule has 27 heteroatoms. The van der Waals surface area contributed by atoms with Gasteiger partial charge in [-0.1, -0.05) is 27.7 Å². The highest BCUT2D eigenvalue weighted by molar-refractivity contribution is 7.95. The van der Waals surface area contributed by atoms with Crippen LogP contribution < -0.4 is 37.0 Å². The standard InChI is InChI=1S/C21H24N4O6S2.C13H16N2O6S2.C11H14N2O3/c1-13(2)8-10-25-21(27)19(20(26)17-5-4-9-24(17)25)16-12-33(30,31)18-11-14(23-32(3,28)29)6-7-15(18)22-16;1-3-21-13(16)7-10-8-23(19,20)12-6-9(15-22(2,17)18)4-5-11(12)14-10;1-8(2)5-7-13-11(15)16-10(14)9-4-3-6-12(9)13/h4-7,9,11-13,22-23,26H,8,10H2,1-3H3;4-6,8,14-15H,3,7H2,1-2H3;3-4,6,8H,5,7H2,1-2H3. The number of carbonyl (C=O) groups excluding carboxylic acids is 1. The monoisotopic (exact) mass is 1070 g/mol. The number of hydrogen-bond donors (Lipinski definition) is 5. The van der Waals surface area contributed by atoms with E-state index in [-0.39, 0.29) is 68.3 Å². The van der Waals surface area contributed by atoms with Crippen molar-refractivity contribution in [3.05, 3.63) is 126 Å². The van der Waals surface area contributed by atoms with Gasteiger partial charge in [0.1, 0.15) is 16.6 Å². The van der Waals surface area contributed by atoms with Crippen molar-refractivity contribution in [1.82, 2.24) is 18.4 Å². The van der Waals surface area contributed by atoms with Crippen LogP contribution in [0.2, 0.25) is 0 Å². The van der Waals surface area contributed by atoms with Crippen LogP contribution in [0.25, 0.3) is 16.7 Å². The molecule has 0 radical (unpaired) electrons. The SMILES string of the molecule is CC(C)CCn1c(=O)c(C2=CS(=O)(=O)c3cc(NS(C)(=O)=O)ccc3N2)c(O)c2cccn21.CC(C)CCn1c(=O)oc(=O)c2cccn21.CCOC(=O)CC1=CS(=O)(=O)c2cc(NS(C)(=O)=O)ccc2N1. The van der Waals surface area contributed by atoms with Gasteiger partial charge in [-0.2, -0.15) is 0 Å². The number of benzene rings is 2. The summed E-state index contributed by atoms with van der Waals surface area (Å²) in [6.07, 6.45) is 6.65. The molecule has 0 saturated heterocycles. The van der Waals surface area contributed by atoms with E-state index in [4.69, 9.17) is 4.74 Å². The molecular weight excluding hydrogens is 1020 g/mol. The Labute approximate surface area is 414 Å². The summed E-state index contributed by atoms with van der Waals surface area (Å²) in [5.74, 6) is -0.661. The van der Waals surface area contributed by atoms with Gasteiger partial charge in [0.25, 0.3) is 5.56 Å². The summed E-state index contributed by atoms with van der Waals surface area (Å²) in [6, 6.07) is 14.8. The van der Waals surface area contributed by atoms with E-state index >= 15 is 0 Å². The van der Waals surface area contributed by atoms with Crippen molar-refractivity contribution in [2.75, 3.05) is 39.2 Å². The maximum absolute atomic E-state index is 13.4. The topological polar surface area (TPSA) is 314 Å². The third-order valence-corrected chi connectivity index (χ3v) is 14.8. The van der Waals surface area contributed by atoms with Crippen LogP contribution in [0.5, 0.6) is 5.75 Å². The van der Waals surface area contributed by atoms with E-state index in [1.54, 1.807) is 52.6 Å². The van der Waals surface area contributed by atoms with Gasteiger partial charge in [-0.15, -0.1) is 0 Å². The van der Waals surface area contributed by atoms with Crippen molar-refractivity contribution in [2.45, 2.75) is 76.8 Å². The molecule has 23 nitrogen and oxygen atoms in total. The number of nitrogens with one attached hydrogen (secondary N) is 4. The smallest absolute Gasteiger partial charge is 0.437 e. The summed E-state index contributed by atoms with van der Waals surface area (Å²) in [7, 11) is -15.0. The molecule has 6 heterocycles. The van der Waals surface area contributed by atoms with Crippen LogP contribution in [0, 0.1) is 11.8 Å². The van der Waals surface area contributed by atoms with Crippen molar-refractivity contribution < 1.29 is 52.7 Å². The minimum absolute atomic E-state index is 0.0594. The quantitative estimate of drug-likeness (QED) is 0.0933. The predicted molar refractivity (Wildman–Crippen MR) is 271 cm³/mol. The lowest BCUT2D eigenvalue weighted by Crippen LogP contribution is -2.31. The fraction of sp³-hybridized carbons (Fsp3) is 0.333. The zero-order valence-electron chi connectivity index (χ0n) is 40.1. The molecule has 72 heavy (non-hydrogen) atoms. The number of fused-ring (bicyclic) bond motifs is 4. The molecule has 0 saturated carbocycles. The first-order chi connectivity index (χ1) is 33.6. The fourth-order valence-corrected chi connectivity index (χ4v) is 11.2. The van der Waals surface area contributed by atoms with Crippen LogP contribution in [0.15, 0.2) is 118 Å². The zero-order chi connectivity index (χ0) is 53.1. The second kappa shape index (κ2) is 21.3. The molecule has 2 aliphatic rings. The molecule has 8 rings (SSSR count). The van der Waals surface area contributed by atoms with Gasteiger partial charge >= 0.3 is 17.4 Å². The molecule has 4 aromatic heterocycles. The largest absolute Gasteiger partial charge is 0.505 e. The van der Waals surface area contributed by atoms with Crippen molar-refractivity contribution in [2.24, 2.45) is 11.8 Å². The van der Waals surface area contributed by atoms with Crippen LogP contribution in [0.3, 0.4) is 0 Å². The first kappa shape index (κ1) is 54.2. The van der Waals surface area contributed by atoms with Crippen LogP contribution in [0.4, 0.5) is 22.7 Å². The second-order valence-electron chi connectivity index (χ2n) is 17.4. The van der Waals surface area contributed by atoms with E-state index < -0.39 is 62.6 Å². The van der Waals surface area contributed by atoms with Crippen LogP contribution in [-0.4, -0.2) is 82.3 Å². The number of ether oxygens (including phenoxy) is 1. The second-order valence-corrected chi connectivity index (χ2v) is 24.5. The van der Waals surface area contributed by atoms with Gasteiger partial charge < -0.3 is 24.9 Å². The van der Waals surface area contributed by atoms with Crippen LogP contribution >= 0.6 is 0 Å². The fourth-order valence-electron chi connectivity index (χ4n) is 7.35. The van der Waals surface area contributed by atoms with E-state index in [0.29, 0.717) is 42.4 Å². The van der Waals surface area contributed by atoms with E-state index in [1.165, 1.54) is 45.8 Å². The molecule has 0 fully saturated rings. The summed E-state index contributed by atoms with van der Waals surface area (Å²) in [5.41, 5.74) is 0.273. The van der Waals surface area contributed by atoms with E-state index in [2.05, 4.69) is 38.3 Å². The normalized spacial score (nSPS) is 14.6. The molecule has 0 atom stereocenters. The summed E-state index contributed by atoms with van der Waals surface area (Å²) in [4.78, 5) is 47.5. The summed E-state index contributed by atoms with van der Waals surface area (Å²) in [5, 5.41) is 18.4. The van der Waals surface area contributed by atoms with Crippen molar-refractivity contribution in [1.29, 1.82) is 0 Å². The number of nitrogens with zero attached hydrogens (tertiary/aromatic N) is 4. The lowest BCUT2D eigenvalue weighted by molar-refractivity contribution is -0.142. The minimum Gasteiger partial charge on any atom is -0.505 e. The first-order valence-electron chi connectivity index (χ1n) is 22.1. The Hall–Kier alpha value is -7.10. The Morgan fingerprint density at radius 1 is 0.736 bits per heavy atom. The van der Waals surface area contributed by atoms with E-state index in [9.17, 15) is 58.0 Å². The van der Waals surface area contributed by atoms with Crippen LogP contribution in [0.1, 0.15) is 59.4 Å². The van der Waals surface area contributed by atoms with Gasteiger partial charge in [0.05, 0.1) is 63.2 Å². The number of carbonyl (C=O) groups is 1. The molecule has 6 aromatic rings. The summed E-state index contributed by atoms with van der Waals surface area (Å²) in [6.45, 7) is 11.0. The lowest BCUT2D eigenvalue weighted by Gasteiger charge is -2.22. The molecule has 0 aliphatic carbocycles. The van der Waals surface area contributed by atoms with E-state index in [0.717, 1.165) is 29.7 Å². The number of aryl methyl sites for hydroxylation is 2. The third-order valence-electron chi connectivity index (χ3n) is 10.6. The van der Waals surface area contributed by atoms with Gasteiger partial charge in [0.15, 0.2) is 5.75 Å². The molecule has 0 unspecified atom stereocenters. The average Bonchev–Trinajstić information content (AvgIpc) is 3.95. The highest BCUT2D eigenvalue weighted by atomic mass is 32.2. The molecule has 5 N–H and O–H groups in total. The molecule has 0 spiro atoms. The molecule has 0 bridgehead atoms. The lowest BCUT2D eigenvalue weighted by atomic mass is 10.1. The highest BCUT2D eigenvalue weighted by Crippen LogP contribution is 2.38. The van der Waals surface area contributed by atoms with Gasteiger partial charge in [0, 0.05) is 42.6 Å². The van der Waals surface area contributed by atoms with Gasteiger partial charge in [-0.05, 0) is 92.3 Å². The molecule has 0 amide bonds. The van der Waals surface area contributed by atoms with Crippen molar-refractivity contribution in [3.63, 3.8) is 0 Å². The number of aromatic hydroxyl groups is 1. The van der Waals surface area contributed by atoms with Crippen LogP contribution in [-0.2, 0) is 62.3 Å². The number of aromatic nitrogens is 4. The number of sulfone groups is 2. The predicted octanol–water partition coefficient (Wildman–Crippen LogP) is 4.57. The Kier molecular flexibility index (Phi) is 16.1. The van der Waals surface area contributed by atoms with Crippen molar-refractivity contribution >= 4 is 85.2 Å². The number of rotatable bonds is 14. The molecule has 2 aliphatic heterocycles. The third kappa shape index (κ3) is 13.0. The Morgan fingerprint density at radius 2 is 1.24 bits per heavy atom. The number of sulfonamides is 2. The molecule has 2 aromatic carbocycles. The Balaban J connectivity index is 0.000000189. The Bertz CT molecular complexity index is 3790. The van der Waals surface area contributed by atoms with E-state index in [1.807, 2.05) is 13.8 Å². The number of esters is 1. The maximum Gasteiger partial charge on any atom is 0.437 e. The van der Waals surface area contributed by atoms with Gasteiger partial charge in [-0.25, -0.2) is 57.1 Å². The average molecular weight is 1080 g/mol. The summed E-state index contributed by atoms with van der Waals surface area (Å²) >= 11 is 0. The zero-order valence-corrected chi connectivity index (χ0v) is 43.3. The molecular formula is C45H54N8O15S4. The highest BCUT2D eigenvalue weighted by Gasteiger charge is 2.30. The molecule has 388 valence electrons. The number of anilines is 4. The van der Waals surface area contributed by atoms with Crippen molar-refractivity contribution in [3.8, 4) is 5.75 Å². The first-order valence-corrected chi connectivity index (χ1v) is 29.0. The van der Waals surface area contributed by atoms with Gasteiger partial charge in [0.2, 0.25) is 39.7 Å². The summed E-state index contributed by atoms with van der Waals surface area (Å²) < 4.78 is 116. The number of hydrogen-bond acceptors (Lipinski definition) is 17. The Morgan fingerprint density at radius 3 is 1.76 bits per heavy atom. The maximum atomic E-state index is 13.4. The van der Waals surface area contributed by atoms with Gasteiger partial charge in [-0.3, -0.25) is 23.5 Å².